The molecule has 1 saturated heterocycles. The van der Waals surface area contributed by atoms with Gasteiger partial charge in [-0.1, -0.05) is 6.92 Å². The minimum atomic E-state index is -1.20. The highest BCUT2D eigenvalue weighted by molar-refractivity contribution is 5.81. The topological polar surface area (TPSA) is 186 Å². The standard InChI is InChI=1S/C17H27N7O5/c1-2-4-23(5-3-9(18)17(27)28)6-10-12(25)13(26)16(29-10)24-8-22-11-14(19)20-7-21-15(11)24/h7-10,12-13,16,25-26H,2-6,18H2,1H3,(H,27,28)(H2,19,20,21)/t9-,10+,12+,13+,16+/m0/s1. The van der Waals surface area contributed by atoms with Crippen LogP contribution in [0.5, 0.6) is 0 Å². The molecule has 29 heavy (non-hydrogen) atoms. The van der Waals surface area contributed by atoms with Gasteiger partial charge in [-0.05, 0) is 19.4 Å². The van der Waals surface area contributed by atoms with E-state index >= 15 is 0 Å². The zero-order valence-electron chi connectivity index (χ0n) is 16.1. The molecule has 0 unspecified atom stereocenters. The van der Waals surface area contributed by atoms with Crippen LogP contribution in [0.1, 0.15) is 26.0 Å². The maximum Gasteiger partial charge on any atom is 0.320 e. The highest BCUT2D eigenvalue weighted by atomic mass is 16.6. The number of aromatic nitrogens is 4. The van der Waals surface area contributed by atoms with Crippen molar-refractivity contribution in [1.29, 1.82) is 0 Å². The Morgan fingerprint density at radius 1 is 1.31 bits per heavy atom. The van der Waals surface area contributed by atoms with Gasteiger partial charge in [0.25, 0.3) is 0 Å². The molecule has 2 aromatic rings. The van der Waals surface area contributed by atoms with Crippen molar-refractivity contribution < 1.29 is 24.9 Å². The third kappa shape index (κ3) is 4.46. The summed E-state index contributed by atoms with van der Waals surface area (Å²) in [7, 11) is 0. The number of aliphatic hydroxyl groups is 2. The van der Waals surface area contributed by atoms with E-state index in [4.69, 9.17) is 21.3 Å². The van der Waals surface area contributed by atoms with Gasteiger partial charge in [0.1, 0.15) is 36.2 Å². The molecule has 0 bridgehead atoms. The van der Waals surface area contributed by atoms with E-state index in [1.165, 1.54) is 17.2 Å². The Kier molecular flexibility index (Phi) is 6.59. The van der Waals surface area contributed by atoms with Gasteiger partial charge in [-0.2, -0.15) is 0 Å². The van der Waals surface area contributed by atoms with E-state index in [9.17, 15) is 15.0 Å². The second kappa shape index (κ2) is 8.97. The van der Waals surface area contributed by atoms with Gasteiger partial charge in [-0.3, -0.25) is 9.36 Å². The molecule has 0 aliphatic carbocycles. The molecule has 1 aliphatic rings. The average molecular weight is 409 g/mol. The van der Waals surface area contributed by atoms with Gasteiger partial charge in [0.2, 0.25) is 0 Å². The zero-order chi connectivity index (χ0) is 21.1. The lowest BCUT2D eigenvalue weighted by Gasteiger charge is -2.26. The summed E-state index contributed by atoms with van der Waals surface area (Å²) in [5, 5.41) is 30.0. The molecule has 0 saturated carbocycles. The predicted molar refractivity (Wildman–Crippen MR) is 103 cm³/mol. The minimum absolute atomic E-state index is 0.210. The first kappa shape index (κ1) is 21.3. The number of fused-ring (bicyclic) bond motifs is 1. The van der Waals surface area contributed by atoms with E-state index in [0.29, 0.717) is 30.8 Å². The second-order valence-corrected chi connectivity index (χ2v) is 7.16. The van der Waals surface area contributed by atoms with Crippen LogP contribution in [0.2, 0.25) is 0 Å². The predicted octanol–water partition coefficient (Wildman–Crippen LogP) is -1.46. The van der Waals surface area contributed by atoms with Crippen molar-refractivity contribution in [3.63, 3.8) is 0 Å². The number of carboxylic acid groups (broad SMARTS) is 1. The number of anilines is 1. The number of carboxylic acids is 1. The summed E-state index contributed by atoms with van der Waals surface area (Å²) < 4.78 is 7.46. The molecule has 5 atom stereocenters. The number of nitrogens with zero attached hydrogens (tertiary/aromatic N) is 5. The Morgan fingerprint density at radius 3 is 2.76 bits per heavy atom. The maximum absolute atomic E-state index is 10.9. The monoisotopic (exact) mass is 409 g/mol. The summed E-state index contributed by atoms with van der Waals surface area (Å²) in [4.78, 5) is 25.1. The first-order valence-electron chi connectivity index (χ1n) is 9.48. The van der Waals surface area contributed by atoms with Crippen molar-refractivity contribution in [2.45, 2.75) is 50.3 Å². The number of imidazole rings is 1. The quantitative estimate of drug-likeness (QED) is 0.326. The molecule has 1 aliphatic heterocycles. The molecular weight excluding hydrogens is 382 g/mol. The molecule has 0 radical (unpaired) electrons. The summed E-state index contributed by atoms with van der Waals surface area (Å²) in [5.41, 5.74) is 12.2. The fourth-order valence-corrected chi connectivity index (χ4v) is 3.48. The molecule has 0 aromatic carbocycles. The number of nitrogen functional groups attached to an aromatic ring is 1. The number of aliphatic hydroxyl groups excluding tert-OH is 2. The summed E-state index contributed by atoms with van der Waals surface area (Å²) in [6.07, 6.45) is -0.0686. The van der Waals surface area contributed by atoms with Gasteiger partial charge in [0, 0.05) is 13.1 Å². The highest BCUT2D eigenvalue weighted by Crippen LogP contribution is 2.32. The normalized spacial score (nSPS) is 25.7. The molecule has 0 amide bonds. The Morgan fingerprint density at radius 2 is 2.07 bits per heavy atom. The highest BCUT2D eigenvalue weighted by Gasteiger charge is 2.44. The second-order valence-electron chi connectivity index (χ2n) is 7.16. The number of ether oxygens (including phenoxy) is 1. The minimum Gasteiger partial charge on any atom is -0.480 e. The van der Waals surface area contributed by atoms with Crippen LogP contribution in [0, 0.1) is 0 Å². The van der Waals surface area contributed by atoms with Crippen molar-refractivity contribution in [1.82, 2.24) is 24.4 Å². The van der Waals surface area contributed by atoms with Crippen molar-refractivity contribution in [3.05, 3.63) is 12.7 Å². The molecule has 3 heterocycles. The van der Waals surface area contributed by atoms with Gasteiger partial charge in [0.05, 0.1) is 6.33 Å². The number of nitrogens with two attached hydrogens (primary N) is 2. The smallest absolute Gasteiger partial charge is 0.320 e. The van der Waals surface area contributed by atoms with E-state index in [0.717, 1.165) is 6.42 Å². The van der Waals surface area contributed by atoms with Crippen molar-refractivity contribution in [2.75, 3.05) is 25.4 Å². The van der Waals surface area contributed by atoms with Crippen LogP contribution in [0.15, 0.2) is 12.7 Å². The summed E-state index contributed by atoms with van der Waals surface area (Å²) in [6, 6.07) is -0.954. The number of hydrogen-bond donors (Lipinski definition) is 5. The van der Waals surface area contributed by atoms with E-state index in [1.807, 2.05) is 11.8 Å². The SMILES string of the molecule is CCCN(CC[C@H](N)C(=O)O)C[C@H]1O[C@@H](n2cnc3c(N)ncnc32)[C@H](O)[C@@H]1O. The van der Waals surface area contributed by atoms with Crippen LogP contribution in [0.25, 0.3) is 11.2 Å². The van der Waals surface area contributed by atoms with E-state index in [1.54, 1.807) is 0 Å². The third-order valence-corrected chi connectivity index (χ3v) is 5.05. The summed E-state index contributed by atoms with van der Waals surface area (Å²) >= 11 is 0. The summed E-state index contributed by atoms with van der Waals surface area (Å²) in [5.74, 6) is -0.843. The van der Waals surface area contributed by atoms with Crippen LogP contribution in [-0.2, 0) is 9.53 Å². The Hall–Kier alpha value is -2.38. The lowest BCUT2D eigenvalue weighted by Crippen LogP contribution is -2.42. The number of aliphatic carboxylic acids is 1. The molecule has 2 aromatic heterocycles. The average Bonchev–Trinajstić information content (AvgIpc) is 3.23. The first-order chi connectivity index (χ1) is 13.8. The lowest BCUT2D eigenvalue weighted by atomic mass is 10.1. The lowest BCUT2D eigenvalue weighted by molar-refractivity contribution is -0.138. The van der Waals surface area contributed by atoms with Gasteiger partial charge in [-0.25, -0.2) is 15.0 Å². The molecule has 7 N–H and O–H groups in total. The number of hydrogen-bond acceptors (Lipinski definition) is 10. The Balaban J connectivity index is 1.72. The molecular formula is C17H27N7O5. The fourth-order valence-electron chi connectivity index (χ4n) is 3.48. The summed E-state index contributed by atoms with van der Waals surface area (Å²) in [6.45, 7) is 3.43. The van der Waals surface area contributed by atoms with E-state index in [2.05, 4.69) is 15.0 Å². The maximum atomic E-state index is 10.9. The largest absolute Gasteiger partial charge is 0.480 e. The van der Waals surface area contributed by atoms with Crippen LogP contribution >= 0.6 is 0 Å². The van der Waals surface area contributed by atoms with Gasteiger partial charge in [0.15, 0.2) is 17.7 Å². The zero-order valence-corrected chi connectivity index (χ0v) is 16.1. The number of carbonyl (C=O) groups is 1. The third-order valence-electron chi connectivity index (χ3n) is 5.05. The van der Waals surface area contributed by atoms with Gasteiger partial charge in [-0.15, -0.1) is 0 Å². The van der Waals surface area contributed by atoms with Crippen LogP contribution in [0.4, 0.5) is 5.82 Å². The van der Waals surface area contributed by atoms with E-state index in [-0.39, 0.29) is 12.2 Å². The molecule has 12 heteroatoms. The number of rotatable bonds is 9. The Labute approximate surface area is 167 Å². The van der Waals surface area contributed by atoms with Crippen LogP contribution in [-0.4, -0.2) is 89.7 Å². The van der Waals surface area contributed by atoms with Crippen molar-refractivity contribution in [3.8, 4) is 0 Å². The first-order valence-corrected chi connectivity index (χ1v) is 9.48. The fraction of sp³-hybridized carbons (Fsp3) is 0.647. The van der Waals surface area contributed by atoms with Crippen LogP contribution < -0.4 is 11.5 Å². The van der Waals surface area contributed by atoms with E-state index < -0.39 is 36.6 Å². The molecule has 3 rings (SSSR count). The van der Waals surface area contributed by atoms with Gasteiger partial charge < -0.3 is 36.4 Å². The van der Waals surface area contributed by atoms with Gasteiger partial charge >= 0.3 is 5.97 Å². The molecule has 1 fully saturated rings. The molecule has 0 spiro atoms. The Bertz CT molecular complexity index is 847. The molecule has 160 valence electrons. The van der Waals surface area contributed by atoms with Crippen molar-refractivity contribution in [2.24, 2.45) is 5.73 Å². The van der Waals surface area contributed by atoms with Crippen LogP contribution in [0.3, 0.4) is 0 Å². The van der Waals surface area contributed by atoms with Crippen molar-refractivity contribution >= 4 is 23.0 Å². The molecule has 12 nitrogen and oxygen atoms in total.